The summed E-state index contributed by atoms with van der Waals surface area (Å²) < 4.78 is 37.9. The van der Waals surface area contributed by atoms with Crippen molar-refractivity contribution in [3.05, 3.63) is 53.6 Å². The molecule has 3 rings (SSSR count). The van der Waals surface area contributed by atoms with E-state index in [4.69, 9.17) is 9.47 Å². The maximum atomic E-state index is 12.5. The maximum Gasteiger partial charge on any atom is 0.414 e. The smallest absolute Gasteiger partial charge is 0.414 e. The topological polar surface area (TPSA) is 84.9 Å². The summed E-state index contributed by atoms with van der Waals surface area (Å²) in [6, 6.07) is 12.0. The predicted octanol–water partition coefficient (Wildman–Crippen LogP) is 2.62. The molecule has 0 saturated carbocycles. The van der Waals surface area contributed by atoms with E-state index in [9.17, 15) is 13.2 Å². The number of hydrogen-bond acceptors (Lipinski definition) is 5. The number of cyclic esters (lactones) is 1. The highest BCUT2D eigenvalue weighted by Crippen LogP contribution is 2.24. The second-order valence-electron chi connectivity index (χ2n) is 6.41. The van der Waals surface area contributed by atoms with Crippen LogP contribution in [0.25, 0.3) is 0 Å². The minimum Gasteiger partial charge on any atom is -0.497 e. The minimum absolute atomic E-state index is 0.00759. The van der Waals surface area contributed by atoms with Gasteiger partial charge in [0.15, 0.2) is 0 Å². The fourth-order valence-corrected chi connectivity index (χ4v) is 3.92. The molecule has 0 aliphatic carbocycles. The highest BCUT2D eigenvalue weighted by Gasteiger charge is 2.33. The summed E-state index contributed by atoms with van der Waals surface area (Å²) in [6.45, 7) is 4.05. The Morgan fingerprint density at radius 2 is 1.85 bits per heavy atom. The van der Waals surface area contributed by atoms with Crippen LogP contribution in [0.3, 0.4) is 0 Å². The summed E-state index contributed by atoms with van der Waals surface area (Å²) in [7, 11) is -2.11. The van der Waals surface area contributed by atoms with Gasteiger partial charge in [-0.25, -0.2) is 17.9 Å². The quantitative estimate of drug-likeness (QED) is 0.820. The molecule has 1 unspecified atom stereocenters. The van der Waals surface area contributed by atoms with E-state index in [-0.39, 0.29) is 18.0 Å². The molecular weight excluding hydrogens is 368 g/mol. The molecule has 144 valence electrons. The molecule has 2 aromatic rings. The monoisotopic (exact) mass is 390 g/mol. The van der Waals surface area contributed by atoms with E-state index in [1.807, 2.05) is 13.8 Å². The van der Waals surface area contributed by atoms with Gasteiger partial charge in [-0.3, -0.25) is 4.90 Å². The van der Waals surface area contributed by atoms with Gasteiger partial charge in [0.1, 0.15) is 11.9 Å². The van der Waals surface area contributed by atoms with Crippen LogP contribution in [-0.2, 0) is 14.8 Å². The van der Waals surface area contributed by atoms with E-state index in [0.29, 0.717) is 11.4 Å². The fraction of sp³-hybridized carbons (Fsp3) is 0.316. The third kappa shape index (κ3) is 4.23. The first kappa shape index (κ1) is 19.2. The van der Waals surface area contributed by atoms with Crippen molar-refractivity contribution >= 4 is 21.8 Å². The van der Waals surface area contributed by atoms with Crippen LogP contribution in [0.1, 0.15) is 11.1 Å². The van der Waals surface area contributed by atoms with E-state index in [1.165, 1.54) is 4.90 Å². The Morgan fingerprint density at radius 3 is 2.48 bits per heavy atom. The zero-order valence-corrected chi connectivity index (χ0v) is 16.2. The second-order valence-corrected chi connectivity index (χ2v) is 8.18. The van der Waals surface area contributed by atoms with Gasteiger partial charge in [0.05, 0.1) is 18.6 Å². The van der Waals surface area contributed by atoms with Crippen LogP contribution in [0.4, 0.5) is 10.5 Å². The van der Waals surface area contributed by atoms with Crippen LogP contribution in [0.5, 0.6) is 5.75 Å². The predicted molar refractivity (Wildman–Crippen MR) is 102 cm³/mol. The number of ether oxygens (including phenoxy) is 2. The van der Waals surface area contributed by atoms with Gasteiger partial charge in [-0.05, 0) is 61.4 Å². The van der Waals surface area contributed by atoms with Gasteiger partial charge < -0.3 is 9.47 Å². The highest BCUT2D eigenvalue weighted by atomic mass is 32.2. The van der Waals surface area contributed by atoms with Gasteiger partial charge in [0.2, 0.25) is 10.0 Å². The number of benzene rings is 2. The van der Waals surface area contributed by atoms with Crippen LogP contribution in [-0.4, -0.2) is 40.8 Å². The molecule has 1 amide bonds. The lowest BCUT2D eigenvalue weighted by Crippen LogP contribution is -2.34. The van der Waals surface area contributed by atoms with Crippen molar-refractivity contribution in [3.63, 3.8) is 0 Å². The summed E-state index contributed by atoms with van der Waals surface area (Å²) in [5, 5.41) is 0. The van der Waals surface area contributed by atoms with Crippen molar-refractivity contribution in [2.24, 2.45) is 0 Å². The van der Waals surface area contributed by atoms with E-state index in [1.54, 1.807) is 49.6 Å². The number of carbonyl (C=O) groups excluding carboxylic acids is 1. The molecular formula is C19H22N2O5S. The van der Waals surface area contributed by atoms with Crippen molar-refractivity contribution < 1.29 is 22.7 Å². The van der Waals surface area contributed by atoms with Gasteiger partial charge in [-0.2, -0.15) is 0 Å². The number of sulfonamides is 1. The van der Waals surface area contributed by atoms with Crippen LogP contribution in [0, 0.1) is 13.8 Å². The molecule has 0 spiro atoms. The van der Waals surface area contributed by atoms with Crippen molar-refractivity contribution in [3.8, 4) is 5.75 Å². The summed E-state index contributed by atoms with van der Waals surface area (Å²) in [4.78, 5) is 13.8. The molecule has 0 aromatic heterocycles. The molecule has 1 saturated heterocycles. The summed E-state index contributed by atoms with van der Waals surface area (Å²) in [5.41, 5.74) is 2.59. The van der Waals surface area contributed by atoms with Crippen molar-refractivity contribution in [1.82, 2.24) is 4.72 Å². The fourth-order valence-electron chi connectivity index (χ4n) is 2.77. The van der Waals surface area contributed by atoms with Crippen LogP contribution >= 0.6 is 0 Å². The van der Waals surface area contributed by atoms with Gasteiger partial charge in [-0.15, -0.1) is 0 Å². The number of amides is 1. The minimum atomic E-state index is -3.67. The third-order valence-corrected chi connectivity index (χ3v) is 5.97. The molecule has 1 N–H and O–H groups in total. The molecule has 8 heteroatoms. The second kappa shape index (κ2) is 7.58. The van der Waals surface area contributed by atoms with Crippen LogP contribution < -0.4 is 14.4 Å². The molecule has 1 fully saturated rings. The SMILES string of the molecule is COc1ccc(N2CC(CNS(=O)(=O)c3ccc(C)c(C)c3)OC2=O)cc1. The number of carbonyl (C=O) groups is 1. The Kier molecular flexibility index (Phi) is 5.38. The van der Waals surface area contributed by atoms with Crippen molar-refractivity contribution in [2.45, 2.75) is 24.8 Å². The Balaban J connectivity index is 1.64. The average molecular weight is 390 g/mol. The maximum absolute atomic E-state index is 12.5. The summed E-state index contributed by atoms with van der Waals surface area (Å²) in [6.07, 6.45) is -1.07. The van der Waals surface area contributed by atoms with Gasteiger partial charge >= 0.3 is 6.09 Å². The first-order valence-electron chi connectivity index (χ1n) is 8.49. The van der Waals surface area contributed by atoms with Crippen molar-refractivity contribution in [2.75, 3.05) is 25.1 Å². The zero-order chi connectivity index (χ0) is 19.6. The lowest BCUT2D eigenvalue weighted by Gasteiger charge is -2.14. The number of hydrogen-bond donors (Lipinski definition) is 1. The first-order valence-corrected chi connectivity index (χ1v) is 9.97. The van der Waals surface area contributed by atoms with E-state index in [0.717, 1.165) is 11.1 Å². The lowest BCUT2D eigenvalue weighted by atomic mass is 10.1. The Labute approximate surface area is 158 Å². The lowest BCUT2D eigenvalue weighted by molar-refractivity contribution is 0.143. The third-order valence-electron chi connectivity index (χ3n) is 4.55. The number of aryl methyl sites for hydroxylation is 2. The summed E-state index contributed by atoms with van der Waals surface area (Å²) >= 11 is 0. The van der Waals surface area contributed by atoms with Gasteiger partial charge in [-0.1, -0.05) is 6.07 Å². The number of methoxy groups -OCH3 is 1. The Morgan fingerprint density at radius 1 is 1.15 bits per heavy atom. The van der Waals surface area contributed by atoms with Gasteiger partial charge in [0, 0.05) is 12.2 Å². The summed E-state index contributed by atoms with van der Waals surface area (Å²) in [5.74, 6) is 0.684. The first-order chi connectivity index (χ1) is 12.8. The number of nitrogens with zero attached hydrogens (tertiary/aromatic N) is 1. The Hall–Kier alpha value is -2.58. The molecule has 0 radical (unpaired) electrons. The molecule has 1 aliphatic heterocycles. The molecule has 2 aromatic carbocycles. The zero-order valence-electron chi connectivity index (χ0n) is 15.4. The molecule has 1 heterocycles. The number of rotatable bonds is 6. The van der Waals surface area contributed by atoms with E-state index < -0.39 is 22.2 Å². The van der Waals surface area contributed by atoms with Crippen LogP contribution in [0.15, 0.2) is 47.4 Å². The van der Waals surface area contributed by atoms with Crippen molar-refractivity contribution in [1.29, 1.82) is 0 Å². The van der Waals surface area contributed by atoms with Crippen LogP contribution in [0.2, 0.25) is 0 Å². The molecule has 7 nitrogen and oxygen atoms in total. The number of nitrogens with one attached hydrogen (secondary N) is 1. The van der Waals surface area contributed by atoms with Gasteiger partial charge in [0.25, 0.3) is 0 Å². The van der Waals surface area contributed by atoms with E-state index in [2.05, 4.69) is 4.72 Å². The standard InChI is InChI=1S/C19H22N2O5S/c1-13-4-9-18(10-14(13)2)27(23,24)20-11-17-12-21(19(22)26-17)15-5-7-16(25-3)8-6-15/h4-10,17,20H,11-12H2,1-3H3. The molecule has 1 atom stereocenters. The molecule has 0 bridgehead atoms. The number of anilines is 1. The average Bonchev–Trinajstić information content (AvgIpc) is 3.03. The molecule has 27 heavy (non-hydrogen) atoms. The largest absolute Gasteiger partial charge is 0.497 e. The normalized spacial score (nSPS) is 17.1. The van der Waals surface area contributed by atoms with E-state index >= 15 is 0 Å². The highest BCUT2D eigenvalue weighted by molar-refractivity contribution is 7.89. The Bertz CT molecular complexity index is 941. The molecule has 1 aliphatic rings.